The van der Waals surface area contributed by atoms with Crippen molar-refractivity contribution >= 4 is 44.4 Å². The van der Waals surface area contributed by atoms with Crippen molar-refractivity contribution in [1.82, 2.24) is 14.5 Å². The van der Waals surface area contributed by atoms with E-state index in [-0.39, 0.29) is 11.2 Å². The van der Waals surface area contributed by atoms with E-state index in [1.54, 1.807) is 0 Å². The quantitative estimate of drug-likeness (QED) is 0.188. The first-order chi connectivity index (χ1) is 23.7. The highest BCUT2D eigenvalue weighted by atomic mass is 16.5. The molecule has 0 amide bonds. The van der Waals surface area contributed by atoms with Crippen molar-refractivity contribution < 1.29 is 9.47 Å². The predicted octanol–water partition coefficient (Wildman–Crippen LogP) is 9.17. The van der Waals surface area contributed by atoms with Gasteiger partial charge in [0.05, 0.1) is 24.1 Å². The lowest BCUT2D eigenvalue weighted by Gasteiger charge is -2.17. The molecule has 3 aromatic heterocycles. The Balaban J connectivity index is 1.21. The van der Waals surface area contributed by atoms with Gasteiger partial charge in [0, 0.05) is 40.0 Å². The Morgan fingerprint density at radius 3 is 1.73 bits per heavy atom. The third kappa shape index (κ3) is 5.05. The molecule has 5 heterocycles. The van der Waals surface area contributed by atoms with Crippen LogP contribution in [-0.4, -0.2) is 50.6 Å². The number of aromatic nitrogens is 3. The highest BCUT2D eigenvalue weighted by molar-refractivity contribution is 6.24. The number of ether oxygens (including phenoxy) is 2. The lowest BCUT2D eigenvalue weighted by atomic mass is 9.95. The van der Waals surface area contributed by atoms with Crippen molar-refractivity contribution in [2.24, 2.45) is 9.98 Å². The number of rotatable bonds is 5. The Kier molecular flexibility index (Phi) is 6.50. The SMILES string of the molecule is CC1(C)CN=C(c2ccc(-c3ccc4c5c6ccccc6c(-c6ccc(C7=NCC(C)(C)O7)nc6)cc5n(-c5ccccc5)c4c3)cn2)O1. The number of benzene rings is 4. The van der Waals surface area contributed by atoms with Gasteiger partial charge in [0.25, 0.3) is 0 Å². The molecule has 240 valence electrons. The van der Waals surface area contributed by atoms with Crippen LogP contribution in [-0.2, 0) is 9.47 Å². The van der Waals surface area contributed by atoms with Gasteiger partial charge in [-0.1, -0.05) is 66.7 Å². The van der Waals surface area contributed by atoms with E-state index in [0.29, 0.717) is 24.9 Å². The van der Waals surface area contributed by atoms with Crippen molar-refractivity contribution in [3.8, 4) is 27.9 Å². The van der Waals surface area contributed by atoms with Crippen LogP contribution in [0.4, 0.5) is 0 Å². The molecule has 9 rings (SSSR count). The molecule has 2 aliphatic heterocycles. The molecular weight excluding hydrogens is 606 g/mol. The van der Waals surface area contributed by atoms with Gasteiger partial charge in [0.15, 0.2) is 0 Å². The lowest BCUT2D eigenvalue weighted by Crippen LogP contribution is -2.24. The van der Waals surface area contributed by atoms with Crippen molar-refractivity contribution in [2.45, 2.75) is 38.9 Å². The van der Waals surface area contributed by atoms with Crippen LogP contribution in [0.15, 0.2) is 126 Å². The van der Waals surface area contributed by atoms with Gasteiger partial charge in [-0.15, -0.1) is 0 Å². The first-order valence-corrected chi connectivity index (χ1v) is 16.7. The van der Waals surface area contributed by atoms with Crippen LogP contribution >= 0.6 is 0 Å². The molecule has 0 saturated carbocycles. The Hall–Kier alpha value is -5.82. The summed E-state index contributed by atoms with van der Waals surface area (Å²) in [6, 6.07) is 36.5. The molecule has 0 fully saturated rings. The molecule has 7 nitrogen and oxygen atoms in total. The normalized spacial score (nSPS) is 16.5. The van der Waals surface area contributed by atoms with Crippen LogP contribution in [0.2, 0.25) is 0 Å². The lowest BCUT2D eigenvalue weighted by molar-refractivity contribution is 0.130. The summed E-state index contributed by atoms with van der Waals surface area (Å²) in [5.74, 6) is 1.21. The molecule has 0 bridgehead atoms. The molecule has 0 unspecified atom stereocenters. The zero-order chi connectivity index (χ0) is 33.3. The Bertz CT molecular complexity index is 2470. The van der Waals surface area contributed by atoms with Gasteiger partial charge in [-0.2, -0.15) is 0 Å². The minimum Gasteiger partial charge on any atom is -0.468 e. The van der Waals surface area contributed by atoms with E-state index in [4.69, 9.17) is 19.4 Å². The molecule has 0 N–H and O–H groups in total. The zero-order valence-electron chi connectivity index (χ0n) is 27.9. The van der Waals surface area contributed by atoms with Crippen LogP contribution in [0.5, 0.6) is 0 Å². The van der Waals surface area contributed by atoms with Crippen LogP contribution in [0.25, 0.3) is 60.5 Å². The number of fused-ring (bicyclic) bond motifs is 5. The number of nitrogens with zero attached hydrogens (tertiary/aromatic N) is 5. The summed E-state index contributed by atoms with van der Waals surface area (Å²) < 4.78 is 14.4. The Morgan fingerprint density at radius 2 is 1.14 bits per heavy atom. The number of hydrogen-bond donors (Lipinski definition) is 0. The van der Waals surface area contributed by atoms with Crippen LogP contribution in [0.3, 0.4) is 0 Å². The summed E-state index contributed by atoms with van der Waals surface area (Å²) in [5, 5.41) is 4.79. The topological polar surface area (TPSA) is 73.9 Å². The number of aliphatic imine (C=N–C) groups is 2. The summed E-state index contributed by atoms with van der Waals surface area (Å²) in [5.41, 5.74) is 8.54. The monoisotopic (exact) mass is 641 g/mol. The van der Waals surface area contributed by atoms with Gasteiger partial charge < -0.3 is 14.0 Å². The molecule has 2 aliphatic rings. The smallest absolute Gasteiger partial charge is 0.236 e. The summed E-state index contributed by atoms with van der Waals surface area (Å²) in [6.45, 7) is 9.44. The first kappa shape index (κ1) is 29.3. The van der Waals surface area contributed by atoms with Crippen molar-refractivity contribution in [2.75, 3.05) is 13.1 Å². The predicted molar refractivity (Wildman–Crippen MR) is 198 cm³/mol. The molecule has 0 saturated heterocycles. The first-order valence-electron chi connectivity index (χ1n) is 16.7. The standard InChI is InChI=1S/C42H35N5O2/c1-41(2)24-45-39(48-41)34-18-15-27(22-43-34)26-14-17-32-36(20-26)47(29-10-6-5-7-11-29)37-21-33(30-12-8-9-13-31(30)38(32)37)28-16-19-35(44-23-28)40-46-25-42(3,4)49-40/h5-23H,24-25H2,1-4H3. The average molecular weight is 642 g/mol. The van der Waals surface area contributed by atoms with E-state index in [9.17, 15) is 0 Å². The highest BCUT2D eigenvalue weighted by Crippen LogP contribution is 2.42. The second-order valence-electron chi connectivity index (χ2n) is 14.1. The molecule has 0 aliphatic carbocycles. The van der Waals surface area contributed by atoms with Crippen molar-refractivity contribution in [1.29, 1.82) is 0 Å². The van der Waals surface area contributed by atoms with Crippen molar-refractivity contribution in [3.63, 3.8) is 0 Å². The average Bonchev–Trinajstić information content (AvgIpc) is 3.79. The summed E-state index contributed by atoms with van der Waals surface area (Å²) >= 11 is 0. The summed E-state index contributed by atoms with van der Waals surface area (Å²) in [6.07, 6.45) is 3.85. The van der Waals surface area contributed by atoms with Gasteiger partial charge in [-0.25, -0.2) is 9.98 Å². The summed E-state index contributed by atoms with van der Waals surface area (Å²) in [4.78, 5) is 18.7. The van der Waals surface area contributed by atoms with Gasteiger partial charge in [-0.05, 0) is 86.0 Å². The maximum Gasteiger partial charge on any atom is 0.236 e. The molecule has 7 heteroatoms. The van der Waals surface area contributed by atoms with Gasteiger partial charge in [-0.3, -0.25) is 9.97 Å². The van der Waals surface area contributed by atoms with Crippen LogP contribution in [0.1, 0.15) is 39.1 Å². The van der Waals surface area contributed by atoms with E-state index >= 15 is 0 Å². The second kappa shape index (κ2) is 10.9. The fraction of sp³-hybridized carbons (Fsp3) is 0.190. The van der Waals surface area contributed by atoms with Crippen LogP contribution in [0, 0.1) is 0 Å². The molecule has 7 aromatic rings. The molecule has 4 aromatic carbocycles. The van der Waals surface area contributed by atoms with E-state index < -0.39 is 0 Å². The third-order valence-electron chi connectivity index (χ3n) is 9.35. The Morgan fingerprint density at radius 1 is 0.551 bits per heavy atom. The number of para-hydroxylation sites is 1. The van der Waals surface area contributed by atoms with Gasteiger partial charge in [0.2, 0.25) is 11.8 Å². The molecule has 0 radical (unpaired) electrons. The van der Waals surface area contributed by atoms with E-state index in [1.807, 2.05) is 52.2 Å². The molecule has 0 atom stereocenters. The van der Waals surface area contributed by atoms with Crippen molar-refractivity contribution in [3.05, 3.63) is 127 Å². The largest absolute Gasteiger partial charge is 0.468 e. The maximum absolute atomic E-state index is 6.05. The van der Waals surface area contributed by atoms with E-state index in [2.05, 4.69) is 106 Å². The maximum atomic E-state index is 6.05. The molecule has 49 heavy (non-hydrogen) atoms. The van der Waals surface area contributed by atoms with E-state index in [1.165, 1.54) is 21.5 Å². The number of hydrogen-bond acceptors (Lipinski definition) is 6. The Labute approximate surface area is 284 Å². The third-order valence-corrected chi connectivity index (χ3v) is 9.35. The number of pyridine rings is 2. The molecule has 0 spiro atoms. The van der Waals surface area contributed by atoms with Gasteiger partial charge in [0.1, 0.15) is 22.6 Å². The minimum absolute atomic E-state index is 0.299. The second-order valence-corrected chi connectivity index (χ2v) is 14.1. The summed E-state index contributed by atoms with van der Waals surface area (Å²) in [7, 11) is 0. The highest BCUT2D eigenvalue weighted by Gasteiger charge is 2.30. The van der Waals surface area contributed by atoms with E-state index in [0.717, 1.165) is 50.4 Å². The fourth-order valence-electron chi connectivity index (χ4n) is 6.97. The zero-order valence-corrected chi connectivity index (χ0v) is 27.9. The van der Waals surface area contributed by atoms with Gasteiger partial charge >= 0.3 is 0 Å². The van der Waals surface area contributed by atoms with Crippen LogP contribution < -0.4 is 0 Å². The minimum atomic E-state index is -0.307. The molecular formula is C42H35N5O2. The fourth-order valence-corrected chi connectivity index (χ4v) is 6.97.